The SMILES string of the molecule is CCOc1cc2c(cc1OC)C=CN=C(N)C2.Cl. The number of aliphatic imine (C=N–C) groups is 1. The summed E-state index contributed by atoms with van der Waals surface area (Å²) in [6.07, 6.45) is 4.26. The van der Waals surface area contributed by atoms with E-state index in [1.54, 1.807) is 13.3 Å². The average Bonchev–Trinajstić information content (AvgIpc) is 2.49. The smallest absolute Gasteiger partial charge is 0.161 e. The predicted octanol–water partition coefficient (Wildman–Crippen LogP) is 2.40. The molecule has 0 aromatic heterocycles. The van der Waals surface area contributed by atoms with Gasteiger partial charge < -0.3 is 15.2 Å². The Kier molecular flexibility index (Phi) is 5.04. The Balaban J connectivity index is 0.00000162. The van der Waals surface area contributed by atoms with Crippen molar-refractivity contribution in [3.05, 3.63) is 29.5 Å². The molecular formula is C13H17ClN2O2. The van der Waals surface area contributed by atoms with E-state index >= 15 is 0 Å². The Morgan fingerprint density at radius 2 is 2.11 bits per heavy atom. The van der Waals surface area contributed by atoms with E-state index in [-0.39, 0.29) is 12.4 Å². The minimum absolute atomic E-state index is 0. The zero-order valence-electron chi connectivity index (χ0n) is 10.5. The summed E-state index contributed by atoms with van der Waals surface area (Å²) in [4.78, 5) is 4.10. The Labute approximate surface area is 113 Å². The van der Waals surface area contributed by atoms with Crippen LogP contribution in [0.1, 0.15) is 18.1 Å². The number of methoxy groups -OCH3 is 1. The summed E-state index contributed by atoms with van der Waals surface area (Å²) < 4.78 is 10.8. The number of amidine groups is 1. The van der Waals surface area contributed by atoms with Crippen molar-refractivity contribution in [1.82, 2.24) is 0 Å². The lowest BCUT2D eigenvalue weighted by molar-refractivity contribution is 0.310. The van der Waals surface area contributed by atoms with E-state index in [1.807, 2.05) is 25.1 Å². The van der Waals surface area contributed by atoms with Crippen molar-refractivity contribution < 1.29 is 9.47 Å². The molecule has 0 aliphatic carbocycles. The molecule has 4 nitrogen and oxygen atoms in total. The Morgan fingerprint density at radius 3 is 2.78 bits per heavy atom. The van der Waals surface area contributed by atoms with E-state index < -0.39 is 0 Å². The molecule has 0 amide bonds. The third-order valence-corrected chi connectivity index (χ3v) is 2.59. The van der Waals surface area contributed by atoms with Crippen LogP contribution in [0, 0.1) is 0 Å². The van der Waals surface area contributed by atoms with E-state index in [0.29, 0.717) is 18.9 Å². The van der Waals surface area contributed by atoms with Crippen LogP contribution < -0.4 is 15.2 Å². The molecule has 0 saturated heterocycles. The van der Waals surface area contributed by atoms with Gasteiger partial charge in [0.15, 0.2) is 11.5 Å². The van der Waals surface area contributed by atoms with Crippen LogP contribution in [0.15, 0.2) is 23.3 Å². The summed E-state index contributed by atoms with van der Waals surface area (Å²) in [6.45, 7) is 2.55. The summed E-state index contributed by atoms with van der Waals surface area (Å²) in [5, 5.41) is 0. The maximum Gasteiger partial charge on any atom is 0.161 e. The standard InChI is InChI=1S/C13H16N2O2.ClH/c1-3-17-12-7-10-8-13(14)15-5-4-9(10)6-11(12)16-2;/h4-7H,3,8H2,1-2H3,(H2,14,15);1H. The van der Waals surface area contributed by atoms with Crippen molar-refractivity contribution in [3.8, 4) is 11.5 Å². The summed E-state index contributed by atoms with van der Waals surface area (Å²) in [5.74, 6) is 2.08. The molecule has 0 fully saturated rings. The van der Waals surface area contributed by atoms with Gasteiger partial charge in [-0.25, -0.2) is 4.99 Å². The molecule has 2 N–H and O–H groups in total. The normalized spacial score (nSPS) is 12.9. The zero-order valence-corrected chi connectivity index (χ0v) is 11.3. The largest absolute Gasteiger partial charge is 0.493 e. The summed E-state index contributed by atoms with van der Waals surface area (Å²) >= 11 is 0. The lowest BCUT2D eigenvalue weighted by Crippen LogP contribution is -2.14. The molecule has 0 radical (unpaired) electrons. The molecule has 1 heterocycles. The molecule has 1 aromatic carbocycles. The van der Waals surface area contributed by atoms with Crippen molar-refractivity contribution in [2.75, 3.05) is 13.7 Å². The number of benzene rings is 1. The molecule has 0 bridgehead atoms. The Morgan fingerprint density at radius 1 is 1.33 bits per heavy atom. The fourth-order valence-corrected chi connectivity index (χ4v) is 1.81. The molecule has 0 unspecified atom stereocenters. The fraction of sp³-hybridized carbons (Fsp3) is 0.308. The number of nitrogens with two attached hydrogens (primary N) is 1. The van der Waals surface area contributed by atoms with Gasteiger partial charge in [0.05, 0.1) is 13.7 Å². The van der Waals surface area contributed by atoms with E-state index in [9.17, 15) is 0 Å². The van der Waals surface area contributed by atoms with Crippen LogP contribution in [0.5, 0.6) is 11.5 Å². The Hall–Kier alpha value is -1.68. The summed E-state index contributed by atoms with van der Waals surface area (Å²) in [5.41, 5.74) is 7.94. The Bertz CT molecular complexity index is 484. The molecule has 1 aromatic rings. The molecule has 18 heavy (non-hydrogen) atoms. The first-order valence-electron chi connectivity index (χ1n) is 5.57. The molecule has 2 rings (SSSR count). The first-order valence-corrected chi connectivity index (χ1v) is 5.57. The van der Waals surface area contributed by atoms with E-state index in [2.05, 4.69) is 4.99 Å². The lowest BCUT2D eigenvalue weighted by atomic mass is 10.0. The van der Waals surface area contributed by atoms with Crippen LogP contribution in [0.2, 0.25) is 0 Å². The van der Waals surface area contributed by atoms with E-state index in [0.717, 1.165) is 22.6 Å². The maximum absolute atomic E-state index is 5.77. The van der Waals surface area contributed by atoms with E-state index in [4.69, 9.17) is 15.2 Å². The second kappa shape index (κ2) is 6.31. The molecule has 5 heteroatoms. The van der Waals surface area contributed by atoms with Gasteiger partial charge in [-0.05, 0) is 36.3 Å². The van der Waals surface area contributed by atoms with Gasteiger partial charge in [-0.3, -0.25) is 0 Å². The molecule has 1 aliphatic heterocycles. The van der Waals surface area contributed by atoms with Crippen molar-refractivity contribution in [1.29, 1.82) is 0 Å². The minimum atomic E-state index is 0. The monoisotopic (exact) mass is 268 g/mol. The van der Waals surface area contributed by atoms with Crippen molar-refractivity contribution in [2.45, 2.75) is 13.3 Å². The van der Waals surface area contributed by atoms with E-state index in [1.165, 1.54) is 0 Å². The van der Waals surface area contributed by atoms with Gasteiger partial charge in [-0.15, -0.1) is 12.4 Å². The third kappa shape index (κ3) is 2.96. The summed E-state index contributed by atoms with van der Waals surface area (Å²) in [6, 6.07) is 3.92. The number of rotatable bonds is 3. The van der Waals surface area contributed by atoms with Gasteiger partial charge in [0, 0.05) is 12.6 Å². The first-order chi connectivity index (χ1) is 8.24. The molecule has 98 valence electrons. The highest BCUT2D eigenvalue weighted by molar-refractivity contribution is 5.86. The maximum atomic E-state index is 5.77. The average molecular weight is 269 g/mol. The molecular weight excluding hydrogens is 252 g/mol. The van der Waals surface area contributed by atoms with Gasteiger partial charge >= 0.3 is 0 Å². The number of hydrogen-bond donors (Lipinski definition) is 1. The minimum Gasteiger partial charge on any atom is -0.493 e. The third-order valence-electron chi connectivity index (χ3n) is 2.59. The quantitative estimate of drug-likeness (QED) is 0.916. The number of hydrogen-bond acceptors (Lipinski definition) is 4. The van der Waals surface area contributed by atoms with Gasteiger partial charge in [-0.2, -0.15) is 0 Å². The van der Waals surface area contributed by atoms with Crippen LogP contribution in [-0.2, 0) is 6.42 Å². The highest BCUT2D eigenvalue weighted by Gasteiger charge is 2.12. The highest BCUT2D eigenvalue weighted by Crippen LogP contribution is 2.32. The van der Waals surface area contributed by atoms with Crippen LogP contribution >= 0.6 is 12.4 Å². The second-order valence-corrected chi connectivity index (χ2v) is 3.75. The van der Waals surface area contributed by atoms with Crippen molar-refractivity contribution in [2.24, 2.45) is 10.7 Å². The number of halogens is 1. The van der Waals surface area contributed by atoms with Crippen molar-refractivity contribution >= 4 is 24.3 Å². The van der Waals surface area contributed by atoms with Gasteiger partial charge in [-0.1, -0.05) is 0 Å². The second-order valence-electron chi connectivity index (χ2n) is 3.75. The molecule has 0 atom stereocenters. The van der Waals surface area contributed by atoms with Gasteiger partial charge in [0.2, 0.25) is 0 Å². The number of nitrogens with zero attached hydrogens (tertiary/aromatic N) is 1. The topological polar surface area (TPSA) is 56.8 Å². The molecule has 0 saturated carbocycles. The highest BCUT2D eigenvalue weighted by atomic mass is 35.5. The molecule has 1 aliphatic rings. The molecule has 0 spiro atoms. The number of ether oxygens (including phenoxy) is 2. The number of fused-ring (bicyclic) bond motifs is 1. The van der Waals surface area contributed by atoms with Crippen LogP contribution in [0.4, 0.5) is 0 Å². The van der Waals surface area contributed by atoms with Crippen molar-refractivity contribution in [3.63, 3.8) is 0 Å². The van der Waals surface area contributed by atoms with Gasteiger partial charge in [0.1, 0.15) is 5.84 Å². The first kappa shape index (κ1) is 14.4. The van der Waals surface area contributed by atoms with Crippen LogP contribution in [0.3, 0.4) is 0 Å². The lowest BCUT2D eigenvalue weighted by Gasteiger charge is -2.13. The zero-order chi connectivity index (χ0) is 12.3. The van der Waals surface area contributed by atoms with Crippen LogP contribution in [-0.4, -0.2) is 19.6 Å². The fourth-order valence-electron chi connectivity index (χ4n) is 1.81. The predicted molar refractivity (Wildman–Crippen MR) is 75.8 cm³/mol. The van der Waals surface area contributed by atoms with Gasteiger partial charge in [0.25, 0.3) is 0 Å². The summed E-state index contributed by atoms with van der Waals surface area (Å²) in [7, 11) is 1.63. The van der Waals surface area contributed by atoms with Crippen LogP contribution in [0.25, 0.3) is 6.08 Å².